The predicted molar refractivity (Wildman–Crippen MR) is 60.3 cm³/mol. The molecule has 14 heavy (non-hydrogen) atoms. The van der Waals surface area contributed by atoms with Crippen molar-refractivity contribution in [1.29, 1.82) is 0 Å². The highest BCUT2D eigenvalue weighted by Crippen LogP contribution is 2.36. The maximum absolute atomic E-state index is 9.92. The topological polar surface area (TPSA) is 62.0 Å². The summed E-state index contributed by atoms with van der Waals surface area (Å²) < 4.78 is 0.735. The molecule has 0 unspecified atom stereocenters. The van der Waals surface area contributed by atoms with Gasteiger partial charge in [0.2, 0.25) is 0 Å². The number of rotatable bonds is 1. The van der Waals surface area contributed by atoms with Crippen LogP contribution in [0.2, 0.25) is 0 Å². The van der Waals surface area contributed by atoms with E-state index in [4.69, 9.17) is 5.73 Å². The summed E-state index contributed by atoms with van der Waals surface area (Å²) in [5.74, 6) is 0.265. The summed E-state index contributed by atoms with van der Waals surface area (Å²) in [4.78, 5) is 3.09. The summed E-state index contributed by atoms with van der Waals surface area (Å²) in [6, 6.07) is 1.98. The van der Waals surface area contributed by atoms with Crippen LogP contribution in [0.3, 0.4) is 0 Å². The summed E-state index contributed by atoms with van der Waals surface area (Å²) in [5, 5.41) is 10.7. The van der Waals surface area contributed by atoms with E-state index in [1.807, 2.05) is 19.2 Å². The Morgan fingerprint density at radius 1 is 1.57 bits per heavy atom. The number of aryl methyl sites for hydroxylation is 1. The van der Waals surface area contributed by atoms with E-state index in [-0.39, 0.29) is 5.75 Å². The first kappa shape index (κ1) is 9.55. The molecule has 1 heterocycles. The van der Waals surface area contributed by atoms with Crippen molar-refractivity contribution in [1.82, 2.24) is 4.98 Å². The van der Waals surface area contributed by atoms with Crippen LogP contribution in [0.15, 0.2) is 16.7 Å². The zero-order chi connectivity index (χ0) is 10.3. The molecule has 3 nitrogen and oxygen atoms in total. The molecule has 4 heteroatoms. The van der Waals surface area contributed by atoms with Crippen LogP contribution in [0, 0.1) is 6.92 Å². The number of nitrogens with two attached hydrogens (primary N) is 1. The molecule has 1 aromatic carbocycles. The van der Waals surface area contributed by atoms with Crippen LogP contribution in [0.5, 0.6) is 5.75 Å². The third-order valence-electron chi connectivity index (χ3n) is 2.36. The van der Waals surface area contributed by atoms with Gasteiger partial charge in [0.25, 0.3) is 0 Å². The van der Waals surface area contributed by atoms with Crippen LogP contribution in [-0.2, 0) is 6.54 Å². The van der Waals surface area contributed by atoms with Crippen molar-refractivity contribution in [3.05, 3.63) is 27.9 Å². The molecule has 0 spiro atoms. The smallest absolute Gasteiger partial charge is 0.139 e. The lowest BCUT2D eigenvalue weighted by Crippen LogP contribution is -1.94. The van der Waals surface area contributed by atoms with Gasteiger partial charge in [-0.05, 0) is 40.0 Å². The van der Waals surface area contributed by atoms with Gasteiger partial charge >= 0.3 is 0 Å². The number of hydrogen-bond acceptors (Lipinski definition) is 2. The highest BCUT2D eigenvalue weighted by molar-refractivity contribution is 9.10. The molecule has 0 fully saturated rings. The fraction of sp³-hybridized carbons (Fsp3) is 0.200. The Morgan fingerprint density at radius 2 is 2.29 bits per heavy atom. The number of aromatic hydroxyl groups is 1. The van der Waals surface area contributed by atoms with Gasteiger partial charge in [-0.3, -0.25) is 0 Å². The van der Waals surface area contributed by atoms with Crippen molar-refractivity contribution >= 4 is 26.8 Å². The highest BCUT2D eigenvalue weighted by atomic mass is 79.9. The number of hydrogen-bond donors (Lipinski definition) is 3. The molecule has 0 amide bonds. The zero-order valence-corrected chi connectivity index (χ0v) is 9.35. The number of phenolic OH excluding ortho intramolecular Hbond substituents is 1. The van der Waals surface area contributed by atoms with Gasteiger partial charge in [0.15, 0.2) is 0 Å². The summed E-state index contributed by atoms with van der Waals surface area (Å²) in [7, 11) is 0. The second-order valence-electron chi connectivity index (χ2n) is 3.30. The molecule has 0 aliphatic carbocycles. The van der Waals surface area contributed by atoms with E-state index in [2.05, 4.69) is 20.9 Å². The standard InChI is InChI=1S/C10H11BrN2O/c1-5-2-7-8(10(14)9(5)11)6(3-12)4-13-7/h2,4,13-14H,3,12H2,1H3. The third kappa shape index (κ3) is 1.22. The van der Waals surface area contributed by atoms with Crippen molar-refractivity contribution in [2.75, 3.05) is 0 Å². The Kier molecular flexibility index (Phi) is 2.25. The Hall–Kier alpha value is -1.00. The molecule has 0 aliphatic rings. The minimum absolute atomic E-state index is 0.265. The number of benzene rings is 1. The van der Waals surface area contributed by atoms with Crippen molar-refractivity contribution < 1.29 is 5.11 Å². The first-order valence-electron chi connectivity index (χ1n) is 4.33. The molecule has 0 saturated heterocycles. The molecule has 0 saturated carbocycles. The average Bonchev–Trinajstić information content (AvgIpc) is 2.57. The number of fused-ring (bicyclic) bond motifs is 1. The van der Waals surface area contributed by atoms with Gasteiger partial charge in [-0.1, -0.05) is 0 Å². The highest BCUT2D eigenvalue weighted by Gasteiger charge is 2.12. The van der Waals surface area contributed by atoms with Gasteiger partial charge in [-0.25, -0.2) is 0 Å². The second-order valence-corrected chi connectivity index (χ2v) is 4.09. The number of nitrogens with one attached hydrogen (secondary N) is 1. The number of H-pyrrole nitrogens is 1. The van der Waals surface area contributed by atoms with Gasteiger partial charge < -0.3 is 15.8 Å². The van der Waals surface area contributed by atoms with E-state index < -0.39 is 0 Å². The molecular formula is C10H11BrN2O. The van der Waals surface area contributed by atoms with Crippen LogP contribution in [0.4, 0.5) is 0 Å². The van der Waals surface area contributed by atoms with E-state index in [1.54, 1.807) is 0 Å². The molecule has 1 aromatic heterocycles. The summed E-state index contributed by atoms with van der Waals surface area (Å²) in [6.45, 7) is 2.36. The lowest BCUT2D eigenvalue weighted by Gasteiger charge is -2.04. The summed E-state index contributed by atoms with van der Waals surface area (Å²) in [6.07, 6.45) is 1.83. The quantitative estimate of drug-likeness (QED) is 0.732. The van der Waals surface area contributed by atoms with Gasteiger partial charge in [-0.15, -0.1) is 0 Å². The van der Waals surface area contributed by atoms with Crippen molar-refractivity contribution in [2.45, 2.75) is 13.5 Å². The van der Waals surface area contributed by atoms with Crippen molar-refractivity contribution in [2.24, 2.45) is 5.73 Å². The van der Waals surface area contributed by atoms with Crippen LogP contribution < -0.4 is 5.73 Å². The molecule has 0 aliphatic heterocycles. The van der Waals surface area contributed by atoms with Crippen LogP contribution >= 0.6 is 15.9 Å². The van der Waals surface area contributed by atoms with E-state index >= 15 is 0 Å². The molecule has 0 bridgehead atoms. The Labute approximate surface area is 90.1 Å². The maximum atomic E-state index is 9.92. The molecule has 74 valence electrons. The minimum Gasteiger partial charge on any atom is -0.506 e. The maximum Gasteiger partial charge on any atom is 0.139 e. The van der Waals surface area contributed by atoms with Gasteiger partial charge in [0.05, 0.1) is 4.47 Å². The van der Waals surface area contributed by atoms with Crippen molar-refractivity contribution in [3.8, 4) is 5.75 Å². The van der Waals surface area contributed by atoms with Crippen LogP contribution in [0.25, 0.3) is 10.9 Å². The average molecular weight is 255 g/mol. The van der Waals surface area contributed by atoms with Gasteiger partial charge in [-0.2, -0.15) is 0 Å². The second kappa shape index (κ2) is 3.29. The predicted octanol–water partition coefficient (Wildman–Crippen LogP) is 2.40. The Bertz CT molecular complexity index is 490. The van der Waals surface area contributed by atoms with Gasteiger partial charge in [0.1, 0.15) is 5.75 Å². The zero-order valence-electron chi connectivity index (χ0n) is 7.76. The van der Waals surface area contributed by atoms with E-state index in [0.29, 0.717) is 6.54 Å². The fourth-order valence-electron chi connectivity index (χ4n) is 1.61. The summed E-state index contributed by atoms with van der Waals surface area (Å²) >= 11 is 3.34. The third-order valence-corrected chi connectivity index (χ3v) is 3.37. The van der Waals surface area contributed by atoms with Gasteiger partial charge in [0, 0.05) is 23.6 Å². The number of halogens is 1. The first-order valence-corrected chi connectivity index (χ1v) is 5.12. The van der Waals surface area contributed by atoms with Crippen LogP contribution in [-0.4, -0.2) is 10.1 Å². The summed E-state index contributed by atoms with van der Waals surface area (Å²) in [5.41, 5.74) is 8.42. The number of aromatic nitrogens is 1. The van der Waals surface area contributed by atoms with E-state index in [0.717, 1.165) is 26.5 Å². The molecule has 2 aromatic rings. The van der Waals surface area contributed by atoms with Crippen molar-refractivity contribution in [3.63, 3.8) is 0 Å². The Morgan fingerprint density at radius 3 is 2.93 bits per heavy atom. The lowest BCUT2D eigenvalue weighted by atomic mass is 10.1. The number of phenols is 1. The minimum atomic E-state index is 0.265. The van der Waals surface area contributed by atoms with Crippen LogP contribution in [0.1, 0.15) is 11.1 Å². The molecule has 0 radical (unpaired) electrons. The molecule has 0 atom stereocenters. The molecule has 4 N–H and O–H groups in total. The van der Waals surface area contributed by atoms with E-state index in [9.17, 15) is 5.11 Å². The lowest BCUT2D eigenvalue weighted by molar-refractivity contribution is 0.477. The molecular weight excluding hydrogens is 244 g/mol. The monoisotopic (exact) mass is 254 g/mol. The van der Waals surface area contributed by atoms with E-state index in [1.165, 1.54) is 0 Å². The number of aromatic amines is 1. The largest absolute Gasteiger partial charge is 0.506 e. The Balaban J connectivity index is 2.88. The first-order chi connectivity index (χ1) is 6.65. The molecule has 2 rings (SSSR count). The normalized spacial score (nSPS) is 11.1. The SMILES string of the molecule is Cc1cc2[nH]cc(CN)c2c(O)c1Br. The fourth-order valence-corrected chi connectivity index (χ4v) is 1.93.